The van der Waals surface area contributed by atoms with Crippen molar-refractivity contribution >= 4 is 27.7 Å². The number of halogens is 1. The predicted octanol–water partition coefficient (Wildman–Crippen LogP) is 5.31. The molecule has 1 fully saturated rings. The molecule has 0 atom stereocenters. The third-order valence-electron chi connectivity index (χ3n) is 4.62. The van der Waals surface area contributed by atoms with Crippen LogP contribution in [0, 0.1) is 13.8 Å². The van der Waals surface area contributed by atoms with Gasteiger partial charge in [-0.15, -0.1) is 10.2 Å². The standard InChI is InChI=1S/C17H19BrN4O2S/c1-10-11(2)22(12-5-3-4-6-12)17(19-10)25-9-15-20-21-16(24-15)13-7-8-14(18)23-13/h7-8,12H,3-6,9H2,1-2H3. The first-order chi connectivity index (χ1) is 12.1. The van der Waals surface area contributed by atoms with Crippen molar-refractivity contribution in [2.45, 2.75) is 56.5 Å². The molecule has 1 aliphatic rings. The molecule has 0 N–H and O–H groups in total. The molecule has 3 heterocycles. The van der Waals surface area contributed by atoms with Gasteiger partial charge in [0.1, 0.15) is 0 Å². The van der Waals surface area contributed by atoms with Gasteiger partial charge in [-0.3, -0.25) is 0 Å². The Kier molecular flexibility index (Phi) is 4.73. The summed E-state index contributed by atoms with van der Waals surface area (Å²) in [6, 6.07) is 4.17. The van der Waals surface area contributed by atoms with E-state index in [1.807, 2.05) is 0 Å². The normalized spacial score (nSPS) is 15.3. The number of hydrogen-bond acceptors (Lipinski definition) is 6. The van der Waals surface area contributed by atoms with Crippen molar-refractivity contribution in [2.24, 2.45) is 0 Å². The van der Waals surface area contributed by atoms with Gasteiger partial charge in [-0.25, -0.2) is 4.98 Å². The molecule has 8 heteroatoms. The Morgan fingerprint density at radius 3 is 2.72 bits per heavy atom. The van der Waals surface area contributed by atoms with Gasteiger partial charge >= 0.3 is 0 Å². The number of imidazole rings is 1. The summed E-state index contributed by atoms with van der Waals surface area (Å²) in [5, 5.41) is 9.23. The third kappa shape index (κ3) is 3.42. The first-order valence-corrected chi connectivity index (χ1v) is 10.2. The Balaban J connectivity index is 1.50. The first-order valence-electron chi connectivity index (χ1n) is 8.38. The van der Waals surface area contributed by atoms with Gasteiger partial charge in [0.05, 0.1) is 11.4 Å². The predicted molar refractivity (Wildman–Crippen MR) is 98.5 cm³/mol. The Morgan fingerprint density at radius 1 is 1.20 bits per heavy atom. The van der Waals surface area contributed by atoms with Gasteiger partial charge in [0, 0.05) is 11.7 Å². The Hall–Kier alpha value is -1.54. The van der Waals surface area contributed by atoms with Crippen LogP contribution in [0.15, 0.2) is 30.8 Å². The maximum absolute atomic E-state index is 5.71. The molecule has 0 saturated heterocycles. The van der Waals surface area contributed by atoms with Crippen LogP contribution >= 0.6 is 27.7 Å². The smallest absolute Gasteiger partial charge is 0.283 e. The molecule has 0 bridgehead atoms. The van der Waals surface area contributed by atoms with Crippen LogP contribution in [0.2, 0.25) is 0 Å². The molecule has 25 heavy (non-hydrogen) atoms. The van der Waals surface area contributed by atoms with Crippen molar-refractivity contribution in [1.29, 1.82) is 0 Å². The van der Waals surface area contributed by atoms with Crippen LogP contribution < -0.4 is 0 Å². The van der Waals surface area contributed by atoms with Crippen molar-refractivity contribution < 1.29 is 8.83 Å². The van der Waals surface area contributed by atoms with Gasteiger partial charge in [0.15, 0.2) is 15.6 Å². The molecule has 1 saturated carbocycles. The van der Waals surface area contributed by atoms with Gasteiger partial charge in [-0.2, -0.15) is 0 Å². The molecule has 3 aromatic heterocycles. The van der Waals surface area contributed by atoms with Crippen molar-refractivity contribution in [3.63, 3.8) is 0 Å². The van der Waals surface area contributed by atoms with Crippen molar-refractivity contribution in [2.75, 3.05) is 0 Å². The van der Waals surface area contributed by atoms with E-state index < -0.39 is 0 Å². The zero-order valence-corrected chi connectivity index (χ0v) is 16.6. The van der Waals surface area contributed by atoms with Crippen LogP contribution in [0.4, 0.5) is 0 Å². The van der Waals surface area contributed by atoms with Crippen LogP contribution in [-0.4, -0.2) is 19.7 Å². The van der Waals surface area contributed by atoms with Crippen LogP contribution in [0.25, 0.3) is 11.7 Å². The summed E-state index contributed by atoms with van der Waals surface area (Å²) in [7, 11) is 0. The molecular weight excluding hydrogens is 404 g/mol. The van der Waals surface area contributed by atoms with E-state index in [9.17, 15) is 0 Å². The van der Waals surface area contributed by atoms with E-state index in [0.29, 0.717) is 34.0 Å². The molecule has 0 aromatic carbocycles. The maximum atomic E-state index is 5.71. The lowest BCUT2D eigenvalue weighted by Gasteiger charge is -2.16. The van der Waals surface area contributed by atoms with E-state index in [1.54, 1.807) is 23.9 Å². The van der Waals surface area contributed by atoms with E-state index >= 15 is 0 Å². The number of hydrogen-bond donors (Lipinski definition) is 0. The largest absolute Gasteiger partial charge is 0.444 e. The van der Waals surface area contributed by atoms with Crippen LogP contribution in [-0.2, 0) is 5.75 Å². The van der Waals surface area contributed by atoms with Gasteiger partial charge < -0.3 is 13.4 Å². The van der Waals surface area contributed by atoms with Crippen molar-refractivity contribution in [1.82, 2.24) is 19.7 Å². The molecule has 4 rings (SSSR count). The molecule has 0 amide bonds. The topological polar surface area (TPSA) is 69.9 Å². The molecule has 0 radical (unpaired) electrons. The monoisotopic (exact) mass is 422 g/mol. The number of thioether (sulfide) groups is 1. The van der Waals surface area contributed by atoms with Gasteiger partial charge in [-0.05, 0) is 54.8 Å². The number of aromatic nitrogens is 4. The van der Waals surface area contributed by atoms with Gasteiger partial charge in [0.25, 0.3) is 5.89 Å². The van der Waals surface area contributed by atoms with E-state index in [1.165, 1.54) is 31.4 Å². The zero-order chi connectivity index (χ0) is 17.4. The highest BCUT2D eigenvalue weighted by atomic mass is 79.9. The molecule has 0 aliphatic heterocycles. The maximum Gasteiger partial charge on any atom is 0.283 e. The summed E-state index contributed by atoms with van der Waals surface area (Å²) in [6.07, 6.45) is 5.08. The summed E-state index contributed by atoms with van der Waals surface area (Å²) >= 11 is 4.93. The highest BCUT2D eigenvalue weighted by molar-refractivity contribution is 9.10. The number of furan rings is 1. The third-order valence-corrected chi connectivity index (χ3v) is 5.98. The van der Waals surface area contributed by atoms with E-state index in [-0.39, 0.29) is 0 Å². The van der Waals surface area contributed by atoms with Crippen LogP contribution in [0.3, 0.4) is 0 Å². The summed E-state index contributed by atoms with van der Waals surface area (Å²) in [5.41, 5.74) is 2.36. The number of rotatable bonds is 5. The fraction of sp³-hybridized carbons (Fsp3) is 0.471. The average Bonchev–Trinajstić information content (AvgIpc) is 3.35. The second kappa shape index (κ2) is 6.99. The highest BCUT2D eigenvalue weighted by Gasteiger charge is 2.23. The second-order valence-corrected chi connectivity index (χ2v) is 7.99. The van der Waals surface area contributed by atoms with Crippen molar-refractivity contribution in [3.05, 3.63) is 34.1 Å². The Morgan fingerprint density at radius 2 is 2.00 bits per heavy atom. The highest BCUT2D eigenvalue weighted by Crippen LogP contribution is 2.36. The molecular formula is C17H19BrN4O2S. The minimum absolute atomic E-state index is 0.396. The van der Waals surface area contributed by atoms with Crippen molar-refractivity contribution in [3.8, 4) is 11.7 Å². The lowest BCUT2D eigenvalue weighted by Crippen LogP contribution is -2.08. The minimum Gasteiger partial charge on any atom is -0.444 e. The van der Waals surface area contributed by atoms with Crippen LogP contribution in [0.5, 0.6) is 0 Å². The molecule has 0 unspecified atom stereocenters. The summed E-state index contributed by atoms with van der Waals surface area (Å²) in [4.78, 5) is 4.75. The SMILES string of the molecule is Cc1nc(SCc2nnc(-c3ccc(Br)o3)o2)n(C2CCCC2)c1C. The first kappa shape index (κ1) is 16.9. The second-order valence-electron chi connectivity index (χ2n) is 6.27. The lowest BCUT2D eigenvalue weighted by molar-refractivity contribution is 0.469. The van der Waals surface area contributed by atoms with E-state index in [4.69, 9.17) is 13.8 Å². The molecule has 132 valence electrons. The summed E-state index contributed by atoms with van der Waals surface area (Å²) in [5.74, 6) is 2.13. The molecule has 3 aromatic rings. The molecule has 6 nitrogen and oxygen atoms in total. The Bertz CT molecular complexity index is 879. The van der Waals surface area contributed by atoms with Crippen LogP contribution in [0.1, 0.15) is 49.0 Å². The van der Waals surface area contributed by atoms with E-state index in [2.05, 4.69) is 44.5 Å². The average molecular weight is 423 g/mol. The van der Waals surface area contributed by atoms with E-state index in [0.717, 1.165) is 10.9 Å². The number of aryl methyl sites for hydroxylation is 1. The minimum atomic E-state index is 0.396. The van der Waals surface area contributed by atoms with Gasteiger partial charge in [0.2, 0.25) is 5.89 Å². The molecule has 0 spiro atoms. The summed E-state index contributed by atoms with van der Waals surface area (Å²) in [6.45, 7) is 4.23. The molecule has 1 aliphatic carbocycles. The lowest BCUT2D eigenvalue weighted by atomic mass is 10.2. The number of nitrogens with zero attached hydrogens (tertiary/aromatic N) is 4. The van der Waals surface area contributed by atoms with Gasteiger partial charge in [-0.1, -0.05) is 24.6 Å². The zero-order valence-electron chi connectivity index (χ0n) is 14.2. The fourth-order valence-electron chi connectivity index (χ4n) is 3.26. The summed E-state index contributed by atoms with van der Waals surface area (Å²) < 4.78 is 14.2. The Labute approximate surface area is 158 Å². The fourth-order valence-corrected chi connectivity index (χ4v) is 4.56. The quantitative estimate of drug-likeness (QED) is 0.518.